The van der Waals surface area contributed by atoms with Gasteiger partial charge in [0.1, 0.15) is 5.75 Å². The van der Waals surface area contributed by atoms with Crippen LogP contribution in [0.25, 0.3) is 0 Å². The van der Waals surface area contributed by atoms with Gasteiger partial charge in [-0.1, -0.05) is 13.3 Å². The minimum absolute atomic E-state index is 0.384. The molecule has 0 aliphatic rings. The van der Waals surface area contributed by atoms with Crippen LogP contribution in [0.1, 0.15) is 30.1 Å². The SMILES string of the molecule is CCCCON(Cl)C(=O)c1ccc(OC)cc1. The monoisotopic (exact) mass is 257 g/mol. The van der Waals surface area contributed by atoms with Gasteiger partial charge in [0.05, 0.1) is 13.7 Å². The molecule has 0 fully saturated rings. The summed E-state index contributed by atoms with van der Waals surface area (Å²) >= 11 is 5.71. The Balaban J connectivity index is 2.55. The first-order chi connectivity index (χ1) is 8.19. The van der Waals surface area contributed by atoms with Gasteiger partial charge in [-0.2, -0.15) is 0 Å². The summed E-state index contributed by atoms with van der Waals surface area (Å²) in [7, 11) is 1.57. The highest BCUT2D eigenvalue weighted by Gasteiger charge is 2.14. The number of halogens is 1. The normalized spacial score (nSPS) is 10.1. The average molecular weight is 258 g/mol. The molecule has 0 saturated carbocycles. The van der Waals surface area contributed by atoms with E-state index < -0.39 is 0 Å². The number of unbranched alkanes of at least 4 members (excludes halogenated alkanes) is 1. The molecule has 5 heteroatoms. The van der Waals surface area contributed by atoms with Gasteiger partial charge >= 0.3 is 0 Å². The van der Waals surface area contributed by atoms with Crippen molar-refractivity contribution in [1.82, 2.24) is 4.58 Å². The molecule has 0 aliphatic carbocycles. The topological polar surface area (TPSA) is 38.8 Å². The minimum atomic E-state index is -0.384. The number of carbonyl (C=O) groups excluding carboxylic acids is 1. The largest absolute Gasteiger partial charge is 0.497 e. The third-order valence-electron chi connectivity index (χ3n) is 2.20. The Morgan fingerprint density at radius 2 is 2.00 bits per heavy atom. The summed E-state index contributed by atoms with van der Waals surface area (Å²) < 4.78 is 5.75. The number of carbonyl (C=O) groups is 1. The number of hydrogen-bond donors (Lipinski definition) is 0. The van der Waals surface area contributed by atoms with E-state index in [1.54, 1.807) is 31.4 Å². The van der Waals surface area contributed by atoms with E-state index in [1.165, 1.54) is 0 Å². The van der Waals surface area contributed by atoms with Crippen LogP contribution in [0.4, 0.5) is 0 Å². The van der Waals surface area contributed by atoms with Crippen molar-refractivity contribution in [3.63, 3.8) is 0 Å². The van der Waals surface area contributed by atoms with Crippen LogP contribution in [0.5, 0.6) is 5.75 Å². The summed E-state index contributed by atoms with van der Waals surface area (Å²) in [4.78, 5) is 16.8. The molecular formula is C12H16ClNO3. The molecule has 1 rings (SSSR count). The predicted octanol–water partition coefficient (Wildman–Crippen LogP) is 3.02. The first kappa shape index (κ1) is 13.8. The first-order valence-electron chi connectivity index (χ1n) is 5.46. The number of nitrogens with zero attached hydrogens (tertiary/aromatic N) is 1. The molecule has 1 aromatic rings. The van der Waals surface area contributed by atoms with E-state index in [9.17, 15) is 4.79 Å². The molecule has 0 N–H and O–H groups in total. The highest BCUT2D eigenvalue weighted by atomic mass is 35.5. The summed E-state index contributed by atoms with van der Waals surface area (Å²) in [6.45, 7) is 2.47. The Kier molecular flexibility index (Phi) is 5.80. The van der Waals surface area contributed by atoms with Gasteiger partial charge in [-0.05, 0) is 30.7 Å². The van der Waals surface area contributed by atoms with Crippen LogP contribution in [0.3, 0.4) is 0 Å². The Bertz CT molecular complexity index is 353. The Labute approximate surface area is 106 Å². The maximum Gasteiger partial charge on any atom is 0.292 e. The van der Waals surface area contributed by atoms with Gasteiger partial charge in [0.15, 0.2) is 0 Å². The van der Waals surface area contributed by atoms with Gasteiger partial charge in [0, 0.05) is 17.3 Å². The Hall–Kier alpha value is -1.26. The maximum atomic E-state index is 11.8. The van der Waals surface area contributed by atoms with Crippen molar-refractivity contribution in [3.8, 4) is 5.75 Å². The standard InChI is InChI=1S/C12H16ClNO3/c1-3-4-9-17-14(13)12(15)10-5-7-11(16-2)8-6-10/h5-8H,3-4,9H2,1-2H3. The fourth-order valence-electron chi connectivity index (χ4n) is 1.18. The van der Waals surface area contributed by atoms with Crippen molar-refractivity contribution in [2.45, 2.75) is 19.8 Å². The van der Waals surface area contributed by atoms with Crippen molar-refractivity contribution in [2.24, 2.45) is 0 Å². The molecule has 0 radical (unpaired) electrons. The number of ether oxygens (including phenoxy) is 1. The second kappa shape index (κ2) is 7.14. The molecule has 1 aromatic carbocycles. The number of hydroxylamine groups is 1. The third-order valence-corrected chi connectivity index (χ3v) is 2.45. The Morgan fingerprint density at radius 3 is 2.53 bits per heavy atom. The average Bonchev–Trinajstić information content (AvgIpc) is 2.38. The maximum absolute atomic E-state index is 11.8. The van der Waals surface area contributed by atoms with Crippen molar-refractivity contribution >= 4 is 17.7 Å². The van der Waals surface area contributed by atoms with E-state index in [0.717, 1.165) is 17.4 Å². The van der Waals surface area contributed by atoms with Crippen molar-refractivity contribution in [1.29, 1.82) is 0 Å². The lowest BCUT2D eigenvalue weighted by Gasteiger charge is -2.13. The molecule has 0 heterocycles. The third kappa shape index (κ3) is 4.24. The molecule has 1 amide bonds. The van der Waals surface area contributed by atoms with E-state index >= 15 is 0 Å². The lowest BCUT2D eigenvalue weighted by atomic mass is 10.2. The summed E-state index contributed by atoms with van der Waals surface area (Å²) in [6.07, 6.45) is 1.85. The zero-order chi connectivity index (χ0) is 12.7. The van der Waals surface area contributed by atoms with Gasteiger partial charge in [0.2, 0.25) is 0 Å². The Morgan fingerprint density at radius 1 is 1.35 bits per heavy atom. The summed E-state index contributed by atoms with van der Waals surface area (Å²) in [5.41, 5.74) is 0.456. The first-order valence-corrected chi connectivity index (χ1v) is 5.80. The lowest BCUT2D eigenvalue weighted by molar-refractivity contribution is -0.0596. The zero-order valence-corrected chi connectivity index (χ0v) is 10.7. The minimum Gasteiger partial charge on any atom is -0.497 e. The predicted molar refractivity (Wildman–Crippen MR) is 65.9 cm³/mol. The summed E-state index contributed by atoms with van der Waals surface area (Å²) in [5, 5.41) is 0. The van der Waals surface area contributed by atoms with Crippen LogP contribution in [0.15, 0.2) is 24.3 Å². The second-order valence-electron chi connectivity index (χ2n) is 3.47. The smallest absolute Gasteiger partial charge is 0.292 e. The van der Waals surface area contributed by atoms with Gasteiger partial charge in [-0.3, -0.25) is 9.63 Å². The molecular weight excluding hydrogens is 242 g/mol. The molecule has 0 atom stereocenters. The van der Waals surface area contributed by atoms with Crippen LogP contribution in [0, 0.1) is 0 Å². The van der Waals surface area contributed by atoms with Gasteiger partial charge in [-0.25, -0.2) is 0 Å². The van der Waals surface area contributed by atoms with Crippen molar-refractivity contribution in [2.75, 3.05) is 13.7 Å². The molecule has 0 aromatic heterocycles. The molecule has 0 unspecified atom stereocenters. The fraction of sp³-hybridized carbons (Fsp3) is 0.417. The van der Waals surface area contributed by atoms with E-state index in [4.69, 9.17) is 21.4 Å². The fourth-order valence-corrected chi connectivity index (χ4v) is 1.35. The van der Waals surface area contributed by atoms with E-state index in [2.05, 4.69) is 0 Å². The van der Waals surface area contributed by atoms with E-state index in [1.807, 2.05) is 6.92 Å². The van der Waals surface area contributed by atoms with Gasteiger partial charge in [-0.15, -0.1) is 4.58 Å². The summed E-state index contributed by atoms with van der Waals surface area (Å²) in [6, 6.07) is 6.67. The molecule has 0 spiro atoms. The molecule has 0 aliphatic heterocycles. The molecule has 0 saturated heterocycles. The van der Waals surface area contributed by atoms with Crippen LogP contribution >= 0.6 is 11.8 Å². The number of benzene rings is 1. The van der Waals surface area contributed by atoms with Crippen LogP contribution in [-0.2, 0) is 4.84 Å². The molecule has 94 valence electrons. The van der Waals surface area contributed by atoms with E-state index in [-0.39, 0.29) is 5.91 Å². The number of rotatable bonds is 6. The van der Waals surface area contributed by atoms with Gasteiger partial charge < -0.3 is 4.74 Å². The number of amides is 1. The van der Waals surface area contributed by atoms with Crippen molar-refractivity contribution in [3.05, 3.63) is 29.8 Å². The highest BCUT2D eigenvalue weighted by molar-refractivity contribution is 6.23. The molecule has 0 bridgehead atoms. The van der Waals surface area contributed by atoms with Crippen LogP contribution < -0.4 is 4.74 Å². The highest BCUT2D eigenvalue weighted by Crippen LogP contribution is 2.14. The quantitative estimate of drug-likeness (QED) is 0.447. The lowest BCUT2D eigenvalue weighted by Crippen LogP contribution is -2.22. The number of methoxy groups -OCH3 is 1. The molecule has 4 nitrogen and oxygen atoms in total. The zero-order valence-electron chi connectivity index (χ0n) is 9.98. The summed E-state index contributed by atoms with van der Waals surface area (Å²) in [5.74, 6) is 0.306. The van der Waals surface area contributed by atoms with E-state index in [0.29, 0.717) is 17.9 Å². The molecule has 17 heavy (non-hydrogen) atoms. The van der Waals surface area contributed by atoms with Crippen LogP contribution in [0.2, 0.25) is 0 Å². The second-order valence-corrected chi connectivity index (χ2v) is 3.77. The van der Waals surface area contributed by atoms with Crippen molar-refractivity contribution < 1.29 is 14.4 Å². The number of hydrogen-bond acceptors (Lipinski definition) is 3. The van der Waals surface area contributed by atoms with Gasteiger partial charge in [0.25, 0.3) is 5.91 Å². The van der Waals surface area contributed by atoms with Crippen LogP contribution in [-0.4, -0.2) is 24.2 Å².